The Bertz CT molecular complexity index is 420. The van der Waals surface area contributed by atoms with Crippen molar-refractivity contribution in [2.45, 2.75) is 26.3 Å². The van der Waals surface area contributed by atoms with Crippen LogP contribution in [-0.4, -0.2) is 34.4 Å². The maximum absolute atomic E-state index is 11.6. The molecule has 0 aliphatic heterocycles. The Balaban J connectivity index is 2.33. The normalized spacial score (nSPS) is 10.2. The standard InChI is InChI=1S/C11H15ClN4O2/c1-7(2)16-10(17)3-4-13-11(18)8-5-15-9(12)6-14-8/h5-7H,3-4H2,1-2H3,(H,13,18)(H,16,17). The third-order valence-electron chi connectivity index (χ3n) is 1.94. The predicted molar refractivity (Wildman–Crippen MR) is 67.3 cm³/mol. The maximum Gasteiger partial charge on any atom is 0.271 e. The molecule has 1 rings (SSSR count). The van der Waals surface area contributed by atoms with Crippen molar-refractivity contribution in [3.05, 3.63) is 23.2 Å². The summed E-state index contributed by atoms with van der Waals surface area (Å²) in [4.78, 5) is 30.4. The Kier molecular flexibility index (Phi) is 5.51. The molecule has 0 aliphatic rings. The molecule has 0 saturated heterocycles. The molecular weight excluding hydrogens is 256 g/mol. The third kappa shape index (κ3) is 5.09. The van der Waals surface area contributed by atoms with E-state index in [9.17, 15) is 9.59 Å². The van der Waals surface area contributed by atoms with Gasteiger partial charge in [0.15, 0.2) is 0 Å². The van der Waals surface area contributed by atoms with Crippen LogP contribution in [-0.2, 0) is 4.79 Å². The zero-order valence-electron chi connectivity index (χ0n) is 10.2. The summed E-state index contributed by atoms with van der Waals surface area (Å²) in [6.45, 7) is 4.00. The molecule has 2 N–H and O–H groups in total. The first kappa shape index (κ1) is 14.4. The molecule has 1 aromatic heterocycles. The van der Waals surface area contributed by atoms with Crippen molar-refractivity contribution >= 4 is 23.4 Å². The molecule has 0 saturated carbocycles. The number of aromatic nitrogens is 2. The van der Waals surface area contributed by atoms with Crippen molar-refractivity contribution in [2.24, 2.45) is 0 Å². The van der Waals surface area contributed by atoms with Gasteiger partial charge in [-0.25, -0.2) is 9.97 Å². The van der Waals surface area contributed by atoms with Crippen LogP contribution in [0.5, 0.6) is 0 Å². The molecule has 0 aromatic carbocycles. The monoisotopic (exact) mass is 270 g/mol. The van der Waals surface area contributed by atoms with Crippen molar-refractivity contribution in [1.29, 1.82) is 0 Å². The fourth-order valence-electron chi connectivity index (χ4n) is 1.20. The Labute approximate surface area is 110 Å². The highest BCUT2D eigenvalue weighted by Gasteiger charge is 2.08. The number of nitrogens with zero attached hydrogens (tertiary/aromatic N) is 2. The number of amides is 2. The molecule has 2 amide bonds. The molecule has 0 radical (unpaired) electrons. The van der Waals surface area contributed by atoms with Gasteiger partial charge in [0.05, 0.1) is 12.4 Å². The summed E-state index contributed by atoms with van der Waals surface area (Å²) in [7, 11) is 0. The largest absolute Gasteiger partial charge is 0.354 e. The Hall–Kier alpha value is -1.69. The summed E-state index contributed by atoms with van der Waals surface area (Å²) in [6.07, 6.45) is 2.80. The highest BCUT2D eigenvalue weighted by atomic mass is 35.5. The minimum atomic E-state index is -0.378. The van der Waals surface area contributed by atoms with Gasteiger partial charge in [-0.05, 0) is 13.8 Å². The second-order valence-electron chi connectivity index (χ2n) is 3.95. The molecule has 1 aromatic rings. The summed E-state index contributed by atoms with van der Waals surface area (Å²) in [6, 6.07) is 0.0929. The van der Waals surface area contributed by atoms with Crippen LogP contribution in [0.3, 0.4) is 0 Å². The highest BCUT2D eigenvalue weighted by molar-refractivity contribution is 6.29. The maximum atomic E-state index is 11.6. The Morgan fingerprint density at radius 3 is 2.61 bits per heavy atom. The SMILES string of the molecule is CC(C)NC(=O)CCNC(=O)c1cnc(Cl)cn1. The van der Waals surface area contributed by atoms with Gasteiger partial charge in [0.2, 0.25) is 5.91 Å². The van der Waals surface area contributed by atoms with E-state index in [1.54, 1.807) is 0 Å². The second kappa shape index (κ2) is 6.90. The third-order valence-corrected chi connectivity index (χ3v) is 2.14. The summed E-state index contributed by atoms with van der Waals surface area (Å²) in [5, 5.41) is 5.53. The van der Waals surface area contributed by atoms with Crippen molar-refractivity contribution in [3.63, 3.8) is 0 Å². The highest BCUT2D eigenvalue weighted by Crippen LogP contribution is 2.00. The molecule has 98 valence electrons. The zero-order valence-corrected chi connectivity index (χ0v) is 11.0. The summed E-state index contributed by atoms with van der Waals surface area (Å²) in [5.74, 6) is -0.482. The summed E-state index contributed by atoms with van der Waals surface area (Å²) < 4.78 is 0. The van der Waals surface area contributed by atoms with Gasteiger partial charge in [-0.15, -0.1) is 0 Å². The van der Waals surface area contributed by atoms with Gasteiger partial charge in [0.1, 0.15) is 10.8 Å². The van der Waals surface area contributed by atoms with Gasteiger partial charge >= 0.3 is 0 Å². The summed E-state index contributed by atoms with van der Waals surface area (Å²) >= 11 is 5.55. The molecule has 0 atom stereocenters. The van der Waals surface area contributed by atoms with E-state index in [1.165, 1.54) is 12.4 Å². The lowest BCUT2D eigenvalue weighted by Crippen LogP contribution is -2.34. The zero-order chi connectivity index (χ0) is 13.5. The van der Waals surface area contributed by atoms with Crippen LogP contribution in [0, 0.1) is 0 Å². The number of nitrogens with one attached hydrogen (secondary N) is 2. The average molecular weight is 271 g/mol. The van der Waals surface area contributed by atoms with E-state index in [0.717, 1.165) is 0 Å². The van der Waals surface area contributed by atoms with Crippen LogP contribution in [0.4, 0.5) is 0 Å². The van der Waals surface area contributed by atoms with Gasteiger partial charge in [0, 0.05) is 19.0 Å². The first-order chi connectivity index (χ1) is 8.49. The van der Waals surface area contributed by atoms with Crippen molar-refractivity contribution in [3.8, 4) is 0 Å². The minimum absolute atomic E-state index is 0.0929. The lowest BCUT2D eigenvalue weighted by molar-refractivity contribution is -0.121. The van der Waals surface area contributed by atoms with E-state index >= 15 is 0 Å². The molecular formula is C11H15ClN4O2. The van der Waals surface area contributed by atoms with E-state index in [-0.39, 0.29) is 41.7 Å². The lowest BCUT2D eigenvalue weighted by Gasteiger charge is -2.08. The Morgan fingerprint density at radius 1 is 1.33 bits per heavy atom. The van der Waals surface area contributed by atoms with Crippen LogP contribution in [0.1, 0.15) is 30.8 Å². The van der Waals surface area contributed by atoms with E-state index in [0.29, 0.717) is 0 Å². The van der Waals surface area contributed by atoms with Crippen molar-refractivity contribution < 1.29 is 9.59 Å². The van der Waals surface area contributed by atoms with Gasteiger partial charge in [-0.2, -0.15) is 0 Å². The van der Waals surface area contributed by atoms with Crippen molar-refractivity contribution in [1.82, 2.24) is 20.6 Å². The predicted octanol–water partition coefficient (Wildman–Crippen LogP) is 0.774. The lowest BCUT2D eigenvalue weighted by atomic mass is 10.3. The average Bonchev–Trinajstić information content (AvgIpc) is 2.28. The molecule has 6 nitrogen and oxygen atoms in total. The van der Waals surface area contributed by atoms with Gasteiger partial charge in [-0.1, -0.05) is 11.6 Å². The minimum Gasteiger partial charge on any atom is -0.354 e. The molecule has 0 aliphatic carbocycles. The van der Waals surface area contributed by atoms with Crippen LogP contribution in [0.15, 0.2) is 12.4 Å². The van der Waals surface area contributed by atoms with E-state index in [1.807, 2.05) is 13.8 Å². The van der Waals surface area contributed by atoms with E-state index < -0.39 is 0 Å². The number of hydrogen-bond acceptors (Lipinski definition) is 4. The van der Waals surface area contributed by atoms with Crippen LogP contribution in [0.2, 0.25) is 5.15 Å². The molecule has 1 heterocycles. The van der Waals surface area contributed by atoms with Gasteiger partial charge < -0.3 is 10.6 Å². The smallest absolute Gasteiger partial charge is 0.271 e. The summed E-state index contributed by atoms with van der Waals surface area (Å²) in [5.41, 5.74) is 0.170. The van der Waals surface area contributed by atoms with E-state index in [4.69, 9.17) is 11.6 Å². The van der Waals surface area contributed by atoms with E-state index in [2.05, 4.69) is 20.6 Å². The fourth-order valence-corrected chi connectivity index (χ4v) is 1.30. The molecule has 0 spiro atoms. The van der Waals surface area contributed by atoms with Gasteiger partial charge in [0.25, 0.3) is 5.91 Å². The topological polar surface area (TPSA) is 84.0 Å². The molecule has 0 unspecified atom stereocenters. The number of hydrogen-bond donors (Lipinski definition) is 2. The first-order valence-corrected chi connectivity index (χ1v) is 5.92. The van der Waals surface area contributed by atoms with Crippen LogP contribution in [0.25, 0.3) is 0 Å². The molecule has 18 heavy (non-hydrogen) atoms. The molecule has 7 heteroatoms. The number of carbonyl (C=O) groups is 2. The van der Waals surface area contributed by atoms with Crippen molar-refractivity contribution in [2.75, 3.05) is 6.54 Å². The van der Waals surface area contributed by atoms with Gasteiger partial charge in [-0.3, -0.25) is 9.59 Å². The number of rotatable bonds is 5. The fraction of sp³-hybridized carbons (Fsp3) is 0.455. The Morgan fingerprint density at radius 2 is 2.06 bits per heavy atom. The number of halogens is 1. The quantitative estimate of drug-likeness (QED) is 0.828. The molecule has 0 fully saturated rings. The first-order valence-electron chi connectivity index (χ1n) is 5.54. The molecule has 0 bridgehead atoms. The second-order valence-corrected chi connectivity index (χ2v) is 4.34. The van der Waals surface area contributed by atoms with Crippen LogP contribution < -0.4 is 10.6 Å². The number of carbonyl (C=O) groups excluding carboxylic acids is 2. The van der Waals surface area contributed by atoms with Crippen LogP contribution >= 0.6 is 11.6 Å².